The average Bonchev–Trinajstić information content (AvgIpc) is 2.67. The van der Waals surface area contributed by atoms with E-state index in [0.717, 1.165) is 5.56 Å². The van der Waals surface area contributed by atoms with Gasteiger partial charge in [-0.2, -0.15) is 0 Å². The molecule has 3 aromatic carbocycles. The first kappa shape index (κ1) is 21.2. The summed E-state index contributed by atoms with van der Waals surface area (Å²) in [5, 5.41) is 3.28. The minimum atomic E-state index is -3.99. The van der Waals surface area contributed by atoms with E-state index in [1.54, 1.807) is 50.2 Å². The van der Waals surface area contributed by atoms with E-state index in [4.69, 9.17) is 23.2 Å². The van der Waals surface area contributed by atoms with Gasteiger partial charge in [-0.3, -0.25) is 9.52 Å². The molecular weight excluding hydrogens is 431 g/mol. The molecule has 0 spiro atoms. The largest absolute Gasteiger partial charge is 0.322 e. The summed E-state index contributed by atoms with van der Waals surface area (Å²) in [7, 11) is -3.99. The molecule has 0 bridgehead atoms. The lowest BCUT2D eigenvalue weighted by atomic mass is 10.1. The second-order valence-corrected chi connectivity index (χ2v) is 8.90. The number of sulfonamides is 1. The first-order valence-corrected chi connectivity index (χ1v) is 10.9. The number of benzene rings is 3. The van der Waals surface area contributed by atoms with E-state index < -0.39 is 15.9 Å². The van der Waals surface area contributed by atoms with Crippen LogP contribution in [0, 0.1) is 13.8 Å². The van der Waals surface area contributed by atoms with Crippen molar-refractivity contribution in [3.8, 4) is 0 Å². The molecular formula is C21H18Cl2N2O3S. The number of carbonyl (C=O) groups excluding carboxylic acids is 1. The van der Waals surface area contributed by atoms with Crippen LogP contribution in [-0.4, -0.2) is 14.3 Å². The maximum atomic E-state index is 12.9. The second-order valence-electron chi connectivity index (χ2n) is 6.43. The van der Waals surface area contributed by atoms with E-state index in [2.05, 4.69) is 10.0 Å². The Hall–Kier alpha value is -2.54. The number of carbonyl (C=O) groups is 1. The minimum Gasteiger partial charge on any atom is -0.322 e. The molecule has 0 fully saturated rings. The van der Waals surface area contributed by atoms with E-state index >= 15 is 0 Å². The lowest BCUT2D eigenvalue weighted by Gasteiger charge is -2.13. The molecule has 0 saturated heterocycles. The number of nitrogens with one attached hydrogen (secondary N) is 2. The number of amides is 1. The number of aryl methyl sites for hydroxylation is 1. The van der Waals surface area contributed by atoms with Gasteiger partial charge in [0.05, 0.1) is 10.7 Å². The van der Waals surface area contributed by atoms with E-state index in [0.29, 0.717) is 22.0 Å². The number of hydrogen-bond donors (Lipinski definition) is 2. The number of para-hydroxylation sites is 1. The summed E-state index contributed by atoms with van der Waals surface area (Å²) in [4.78, 5) is 12.5. The standard InChI is InChI=1S/C21H18Cl2N2O3S/c1-13-6-3-4-8-18(13)25-29(27,28)20-12-15(10-11-17(20)23)21(26)24-19-9-5-7-16(22)14(19)2/h3-12,25H,1-2H3,(H,24,26). The van der Waals surface area contributed by atoms with E-state index in [1.807, 2.05) is 6.07 Å². The summed E-state index contributed by atoms with van der Waals surface area (Å²) in [5.74, 6) is -0.473. The highest BCUT2D eigenvalue weighted by atomic mass is 35.5. The summed E-state index contributed by atoms with van der Waals surface area (Å²) < 4.78 is 28.2. The summed E-state index contributed by atoms with van der Waals surface area (Å²) in [6.07, 6.45) is 0. The van der Waals surface area contributed by atoms with Gasteiger partial charge in [0, 0.05) is 16.3 Å². The Morgan fingerprint density at radius 2 is 1.55 bits per heavy atom. The van der Waals surface area contributed by atoms with Crippen molar-refractivity contribution < 1.29 is 13.2 Å². The fourth-order valence-electron chi connectivity index (χ4n) is 2.68. The Balaban J connectivity index is 1.92. The molecule has 8 heteroatoms. The van der Waals surface area contributed by atoms with Gasteiger partial charge in [-0.25, -0.2) is 8.42 Å². The molecule has 150 valence electrons. The number of anilines is 2. The van der Waals surface area contributed by atoms with Crippen LogP contribution in [0.1, 0.15) is 21.5 Å². The topological polar surface area (TPSA) is 75.3 Å². The minimum absolute atomic E-state index is 0.0153. The third kappa shape index (κ3) is 4.72. The van der Waals surface area contributed by atoms with Crippen molar-refractivity contribution in [1.82, 2.24) is 0 Å². The van der Waals surface area contributed by atoms with Gasteiger partial charge in [0.1, 0.15) is 4.90 Å². The second kappa shape index (κ2) is 8.45. The Morgan fingerprint density at radius 3 is 2.28 bits per heavy atom. The van der Waals surface area contributed by atoms with E-state index in [9.17, 15) is 13.2 Å². The average molecular weight is 449 g/mol. The summed E-state index contributed by atoms with van der Waals surface area (Å²) in [5.41, 5.74) is 2.61. The summed E-state index contributed by atoms with van der Waals surface area (Å²) in [6, 6.07) is 16.2. The van der Waals surface area contributed by atoms with Gasteiger partial charge in [0.15, 0.2) is 0 Å². The molecule has 29 heavy (non-hydrogen) atoms. The van der Waals surface area contributed by atoms with Crippen LogP contribution >= 0.6 is 23.2 Å². The first-order chi connectivity index (χ1) is 13.7. The monoisotopic (exact) mass is 448 g/mol. The third-order valence-corrected chi connectivity index (χ3v) is 6.64. The molecule has 2 N–H and O–H groups in total. The van der Waals surface area contributed by atoms with Crippen molar-refractivity contribution in [2.75, 3.05) is 10.0 Å². The van der Waals surface area contributed by atoms with Crippen LogP contribution in [-0.2, 0) is 10.0 Å². The molecule has 0 radical (unpaired) electrons. The van der Waals surface area contributed by atoms with Crippen LogP contribution in [0.2, 0.25) is 10.0 Å². The van der Waals surface area contributed by atoms with Crippen molar-refractivity contribution >= 4 is 50.5 Å². The normalized spacial score (nSPS) is 11.2. The number of hydrogen-bond acceptors (Lipinski definition) is 3. The highest BCUT2D eigenvalue weighted by molar-refractivity contribution is 7.92. The fraction of sp³-hybridized carbons (Fsp3) is 0.0952. The Morgan fingerprint density at radius 1 is 0.862 bits per heavy atom. The quantitative estimate of drug-likeness (QED) is 0.528. The van der Waals surface area contributed by atoms with Gasteiger partial charge in [0.2, 0.25) is 0 Å². The Bertz CT molecular complexity index is 1190. The predicted octanol–water partition coefficient (Wildman–Crippen LogP) is 5.66. The summed E-state index contributed by atoms with van der Waals surface area (Å²) >= 11 is 12.2. The lowest BCUT2D eigenvalue weighted by molar-refractivity contribution is 0.102. The van der Waals surface area contributed by atoms with Crippen LogP contribution in [0.15, 0.2) is 65.6 Å². The van der Waals surface area contributed by atoms with Crippen molar-refractivity contribution in [3.63, 3.8) is 0 Å². The molecule has 5 nitrogen and oxygen atoms in total. The van der Waals surface area contributed by atoms with Gasteiger partial charge in [-0.1, -0.05) is 47.5 Å². The molecule has 0 atom stereocenters. The molecule has 3 rings (SSSR count). The van der Waals surface area contributed by atoms with Gasteiger partial charge in [0.25, 0.3) is 15.9 Å². The highest BCUT2D eigenvalue weighted by Crippen LogP contribution is 2.27. The van der Waals surface area contributed by atoms with Crippen molar-refractivity contribution in [2.24, 2.45) is 0 Å². The number of halogens is 2. The smallest absolute Gasteiger partial charge is 0.263 e. The molecule has 0 saturated carbocycles. The zero-order valence-electron chi connectivity index (χ0n) is 15.7. The molecule has 3 aromatic rings. The molecule has 0 aliphatic rings. The molecule has 1 amide bonds. The van der Waals surface area contributed by atoms with Gasteiger partial charge < -0.3 is 5.32 Å². The van der Waals surface area contributed by atoms with Gasteiger partial charge >= 0.3 is 0 Å². The van der Waals surface area contributed by atoms with Crippen LogP contribution < -0.4 is 10.0 Å². The molecule has 0 unspecified atom stereocenters. The van der Waals surface area contributed by atoms with Gasteiger partial charge in [-0.05, 0) is 61.4 Å². The van der Waals surface area contributed by atoms with Crippen molar-refractivity contribution in [1.29, 1.82) is 0 Å². The van der Waals surface area contributed by atoms with Crippen LogP contribution in [0.3, 0.4) is 0 Å². The lowest BCUT2D eigenvalue weighted by Crippen LogP contribution is -2.17. The van der Waals surface area contributed by atoms with Crippen molar-refractivity contribution in [3.05, 3.63) is 87.4 Å². The van der Waals surface area contributed by atoms with Crippen molar-refractivity contribution in [2.45, 2.75) is 18.7 Å². The highest BCUT2D eigenvalue weighted by Gasteiger charge is 2.21. The molecule has 0 aliphatic carbocycles. The van der Waals surface area contributed by atoms with Crippen LogP contribution in [0.4, 0.5) is 11.4 Å². The fourth-order valence-corrected chi connectivity index (χ4v) is 4.51. The van der Waals surface area contributed by atoms with Gasteiger partial charge in [-0.15, -0.1) is 0 Å². The molecule has 0 aliphatic heterocycles. The number of rotatable bonds is 5. The molecule has 0 heterocycles. The maximum absolute atomic E-state index is 12.9. The predicted molar refractivity (Wildman–Crippen MR) is 118 cm³/mol. The van der Waals surface area contributed by atoms with E-state index in [-0.39, 0.29) is 15.5 Å². The zero-order chi connectivity index (χ0) is 21.2. The summed E-state index contributed by atoms with van der Waals surface area (Å²) in [6.45, 7) is 3.57. The van der Waals surface area contributed by atoms with E-state index in [1.165, 1.54) is 18.2 Å². The van der Waals surface area contributed by atoms with Crippen LogP contribution in [0.5, 0.6) is 0 Å². The Kier molecular flexibility index (Phi) is 6.17. The Labute approximate surface area is 179 Å². The maximum Gasteiger partial charge on any atom is 0.263 e. The first-order valence-electron chi connectivity index (χ1n) is 8.63. The van der Waals surface area contributed by atoms with Crippen LogP contribution in [0.25, 0.3) is 0 Å². The molecule has 0 aromatic heterocycles. The zero-order valence-corrected chi connectivity index (χ0v) is 18.0. The SMILES string of the molecule is Cc1ccccc1NS(=O)(=O)c1cc(C(=O)Nc2cccc(Cl)c2C)ccc1Cl. The third-order valence-electron chi connectivity index (χ3n) is 4.39.